The lowest BCUT2D eigenvalue weighted by Crippen LogP contribution is -2.22. The number of nitrogens with zero attached hydrogens (tertiary/aromatic N) is 2. The highest BCUT2D eigenvalue weighted by Gasteiger charge is 2.11. The lowest BCUT2D eigenvalue weighted by molar-refractivity contribution is 0.287. The monoisotopic (exact) mass is 324 g/mol. The number of fused-ring (bicyclic) bond motifs is 1. The molecule has 0 unspecified atom stereocenters. The summed E-state index contributed by atoms with van der Waals surface area (Å²) in [5.74, 6) is 0.802. The number of rotatable bonds is 7. The van der Waals surface area contributed by atoms with E-state index in [1.165, 1.54) is 11.8 Å². The summed E-state index contributed by atoms with van der Waals surface area (Å²) in [4.78, 5) is 17.1. The molecule has 0 spiro atoms. The van der Waals surface area contributed by atoms with Gasteiger partial charge >= 0.3 is 0 Å². The van der Waals surface area contributed by atoms with E-state index in [9.17, 15) is 4.79 Å². The van der Waals surface area contributed by atoms with Crippen LogP contribution in [0.3, 0.4) is 0 Å². The Morgan fingerprint density at radius 3 is 2.95 bits per heavy atom. The highest BCUT2D eigenvalue weighted by atomic mass is 35.5. The molecule has 0 saturated carbocycles. The topological polar surface area (TPSA) is 55.1 Å². The average molecular weight is 325 g/mol. The van der Waals surface area contributed by atoms with Crippen molar-refractivity contribution in [2.45, 2.75) is 24.5 Å². The van der Waals surface area contributed by atoms with Gasteiger partial charge in [0.25, 0.3) is 5.56 Å². The zero-order valence-corrected chi connectivity index (χ0v) is 13.2. The number of aliphatic hydroxyl groups excluding tert-OH is 1. The largest absolute Gasteiger partial charge is 0.396 e. The lowest BCUT2D eigenvalue weighted by atomic mass is 10.2. The molecule has 6 heteroatoms. The summed E-state index contributed by atoms with van der Waals surface area (Å²) in [6.45, 7) is 4.30. The average Bonchev–Trinajstić information content (AvgIpc) is 2.47. The minimum absolute atomic E-state index is 0.0822. The van der Waals surface area contributed by atoms with Crippen LogP contribution in [0.2, 0.25) is 5.02 Å². The second-order valence-corrected chi connectivity index (χ2v) is 6.04. The molecular formula is C15H17ClN2O2S. The molecule has 0 atom stereocenters. The summed E-state index contributed by atoms with van der Waals surface area (Å²) in [7, 11) is 0. The Balaban J connectivity index is 2.42. The fraction of sp³-hybridized carbons (Fsp3) is 0.333. The minimum Gasteiger partial charge on any atom is -0.396 e. The van der Waals surface area contributed by atoms with Crippen molar-refractivity contribution >= 4 is 34.3 Å². The Hall–Kier alpha value is -1.30. The molecule has 0 aliphatic heterocycles. The van der Waals surface area contributed by atoms with Crippen LogP contribution in [0.4, 0.5) is 0 Å². The van der Waals surface area contributed by atoms with Gasteiger partial charge in [-0.3, -0.25) is 9.36 Å². The first-order valence-electron chi connectivity index (χ1n) is 6.72. The van der Waals surface area contributed by atoms with Gasteiger partial charge in [-0.1, -0.05) is 29.4 Å². The molecular weight excluding hydrogens is 308 g/mol. The standard InChI is InChI=1S/C15H17ClN2O2S/c1-2-7-18-14(20)12-6-5-11(16)10-13(12)17-15(18)21-9-4-3-8-19/h2,5-6,10,19H,1,3-4,7-9H2. The molecule has 1 aromatic carbocycles. The van der Waals surface area contributed by atoms with Gasteiger partial charge in [0.05, 0.1) is 10.9 Å². The van der Waals surface area contributed by atoms with E-state index in [1.807, 2.05) is 0 Å². The summed E-state index contributed by atoms with van der Waals surface area (Å²) in [6, 6.07) is 5.10. The number of benzene rings is 1. The number of allylic oxidation sites excluding steroid dienone is 1. The maximum absolute atomic E-state index is 12.5. The lowest BCUT2D eigenvalue weighted by Gasteiger charge is -2.11. The van der Waals surface area contributed by atoms with Crippen molar-refractivity contribution in [3.05, 3.63) is 46.2 Å². The molecule has 112 valence electrons. The number of aromatic nitrogens is 2. The fourth-order valence-corrected chi connectivity index (χ4v) is 3.12. The van der Waals surface area contributed by atoms with Gasteiger partial charge in [0.2, 0.25) is 0 Å². The molecule has 0 amide bonds. The molecule has 1 heterocycles. The Labute approximate surface area is 132 Å². The Morgan fingerprint density at radius 2 is 2.24 bits per heavy atom. The van der Waals surface area contributed by atoms with Gasteiger partial charge in [0.15, 0.2) is 5.16 Å². The van der Waals surface area contributed by atoms with E-state index in [0.717, 1.165) is 18.6 Å². The number of unbranched alkanes of at least 4 members (excludes halogenated alkanes) is 1. The molecule has 1 N–H and O–H groups in total. The maximum Gasteiger partial charge on any atom is 0.262 e. The van der Waals surface area contributed by atoms with Crippen molar-refractivity contribution in [3.63, 3.8) is 0 Å². The van der Waals surface area contributed by atoms with Crippen LogP contribution in [0.25, 0.3) is 10.9 Å². The van der Waals surface area contributed by atoms with E-state index in [1.54, 1.807) is 28.8 Å². The molecule has 0 saturated heterocycles. The van der Waals surface area contributed by atoms with Crippen molar-refractivity contribution < 1.29 is 5.11 Å². The SMILES string of the molecule is C=CCn1c(SCCCCO)nc2cc(Cl)ccc2c1=O. The molecule has 0 radical (unpaired) electrons. The van der Waals surface area contributed by atoms with Crippen molar-refractivity contribution in [2.24, 2.45) is 0 Å². The third-order valence-corrected chi connectivity index (χ3v) is 4.28. The van der Waals surface area contributed by atoms with Crippen LogP contribution in [-0.2, 0) is 6.54 Å². The van der Waals surface area contributed by atoms with E-state index in [4.69, 9.17) is 16.7 Å². The molecule has 2 rings (SSSR count). The number of halogens is 1. The highest BCUT2D eigenvalue weighted by molar-refractivity contribution is 7.99. The third kappa shape index (κ3) is 3.87. The van der Waals surface area contributed by atoms with E-state index in [-0.39, 0.29) is 12.2 Å². The van der Waals surface area contributed by atoms with Crippen LogP contribution in [0.1, 0.15) is 12.8 Å². The zero-order chi connectivity index (χ0) is 15.2. The number of hydrogen-bond donors (Lipinski definition) is 1. The maximum atomic E-state index is 12.5. The summed E-state index contributed by atoms with van der Waals surface area (Å²) in [5, 5.41) is 10.6. The molecule has 0 aliphatic rings. The molecule has 4 nitrogen and oxygen atoms in total. The van der Waals surface area contributed by atoms with Gasteiger partial charge in [-0.25, -0.2) is 4.98 Å². The van der Waals surface area contributed by atoms with E-state index in [2.05, 4.69) is 11.6 Å². The molecule has 21 heavy (non-hydrogen) atoms. The fourth-order valence-electron chi connectivity index (χ4n) is 1.95. The summed E-state index contributed by atoms with van der Waals surface area (Å²) in [6.07, 6.45) is 3.30. The van der Waals surface area contributed by atoms with Gasteiger partial charge in [0.1, 0.15) is 0 Å². The van der Waals surface area contributed by atoms with Crippen LogP contribution in [0.15, 0.2) is 40.8 Å². The van der Waals surface area contributed by atoms with Crippen molar-refractivity contribution in [2.75, 3.05) is 12.4 Å². The quantitative estimate of drug-likeness (QED) is 0.368. The van der Waals surface area contributed by atoms with Gasteiger partial charge in [-0.05, 0) is 31.0 Å². The van der Waals surface area contributed by atoms with Gasteiger partial charge in [-0.15, -0.1) is 6.58 Å². The molecule has 2 aromatic rings. The molecule has 0 bridgehead atoms. The van der Waals surface area contributed by atoms with Crippen LogP contribution in [0, 0.1) is 0 Å². The number of hydrogen-bond acceptors (Lipinski definition) is 4. The summed E-state index contributed by atoms with van der Waals surface area (Å²) in [5.41, 5.74) is 0.527. The first-order chi connectivity index (χ1) is 10.2. The predicted octanol–water partition coefficient (Wildman–Crippen LogP) is 3.10. The first kappa shape index (κ1) is 16.1. The highest BCUT2D eigenvalue weighted by Crippen LogP contribution is 2.21. The van der Waals surface area contributed by atoms with Gasteiger partial charge < -0.3 is 5.11 Å². The number of thioether (sulfide) groups is 1. The normalized spacial score (nSPS) is 11.0. The van der Waals surface area contributed by atoms with Crippen LogP contribution >= 0.6 is 23.4 Å². The van der Waals surface area contributed by atoms with Crippen LogP contribution in [-0.4, -0.2) is 27.0 Å². The first-order valence-corrected chi connectivity index (χ1v) is 8.08. The van der Waals surface area contributed by atoms with Gasteiger partial charge in [0, 0.05) is 23.9 Å². The molecule has 0 aliphatic carbocycles. The van der Waals surface area contributed by atoms with Crippen molar-refractivity contribution in [3.8, 4) is 0 Å². The Kier molecular flexibility index (Phi) is 5.85. The van der Waals surface area contributed by atoms with E-state index < -0.39 is 0 Å². The van der Waals surface area contributed by atoms with Crippen molar-refractivity contribution in [1.29, 1.82) is 0 Å². The Bertz CT molecular complexity index is 700. The summed E-state index contributed by atoms with van der Waals surface area (Å²) >= 11 is 7.48. The van der Waals surface area contributed by atoms with E-state index in [0.29, 0.717) is 27.6 Å². The predicted molar refractivity (Wildman–Crippen MR) is 88.3 cm³/mol. The number of aliphatic hydroxyl groups is 1. The Morgan fingerprint density at radius 1 is 1.43 bits per heavy atom. The summed E-state index contributed by atoms with van der Waals surface area (Å²) < 4.78 is 1.62. The molecule has 1 aromatic heterocycles. The smallest absolute Gasteiger partial charge is 0.262 e. The third-order valence-electron chi connectivity index (χ3n) is 2.98. The second kappa shape index (κ2) is 7.64. The van der Waals surface area contributed by atoms with Crippen LogP contribution in [0.5, 0.6) is 0 Å². The van der Waals surface area contributed by atoms with E-state index >= 15 is 0 Å². The van der Waals surface area contributed by atoms with Crippen molar-refractivity contribution in [1.82, 2.24) is 9.55 Å². The molecule has 0 fully saturated rings. The zero-order valence-electron chi connectivity index (χ0n) is 11.6. The van der Waals surface area contributed by atoms with Crippen LogP contribution < -0.4 is 5.56 Å². The minimum atomic E-state index is -0.0822. The van der Waals surface area contributed by atoms with Gasteiger partial charge in [-0.2, -0.15) is 0 Å². The second-order valence-electron chi connectivity index (χ2n) is 4.54.